The van der Waals surface area contributed by atoms with Gasteiger partial charge in [-0.2, -0.15) is 0 Å². The number of pyridine rings is 1. The lowest BCUT2D eigenvalue weighted by Crippen LogP contribution is -2.34. The highest BCUT2D eigenvalue weighted by atomic mass is 16.3. The number of nitrogens with zero attached hydrogens (tertiary/aromatic N) is 5. The Morgan fingerprint density at radius 3 is 2.80 bits per heavy atom. The molecule has 30 heavy (non-hydrogen) atoms. The van der Waals surface area contributed by atoms with Crippen molar-refractivity contribution in [2.24, 2.45) is 0 Å². The van der Waals surface area contributed by atoms with Crippen LogP contribution in [-0.4, -0.2) is 50.2 Å². The number of aromatic nitrogens is 4. The SMILES string of the molecule is Cc1nc2cc(O)c(-c3ccc4nc(N5CC[C@@H](NC6CC6)C5)ncc4n3)cc2o1. The molecule has 0 spiro atoms. The van der Waals surface area contributed by atoms with Crippen molar-refractivity contribution >= 4 is 28.1 Å². The third-order valence-electron chi connectivity index (χ3n) is 5.83. The summed E-state index contributed by atoms with van der Waals surface area (Å²) in [5.74, 6) is 1.43. The molecular formula is C22H22N6O2. The minimum Gasteiger partial charge on any atom is -0.507 e. The molecule has 6 rings (SSSR count). The van der Waals surface area contributed by atoms with Crippen LogP contribution < -0.4 is 10.2 Å². The number of anilines is 1. The molecule has 152 valence electrons. The fourth-order valence-electron chi connectivity index (χ4n) is 4.16. The highest BCUT2D eigenvalue weighted by Crippen LogP contribution is 2.33. The van der Waals surface area contributed by atoms with Gasteiger partial charge in [-0.1, -0.05) is 0 Å². The van der Waals surface area contributed by atoms with E-state index in [-0.39, 0.29) is 5.75 Å². The lowest BCUT2D eigenvalue weighted by molar-refractivity contribution is 0.477. The average molecular weight is 402 g/mol. The molecule has 4 heterocycles. The third-order valence-corrected chi connectivity index (χ3v) is 5.83. The van der Waals surface area contributed by atoms with Crippen molar-refractivity contribution in [1.29, 1.82) is 0 Å². The maximum Gasteiger partial charge on any atom is 0.226 e. The zero-order valence-corrected chi connectivity index (χ0v) is 16.7. The molecule has 1 aliphatic heterocycles. The van der Waals surface area contributed by atoms with Gasteiger partial charge in [0.1, 0.15) is 16.8 Å². The van der Waals surface area contributed by atoms with Crippen LogP contribution in [0.4, 0.5) is 5.95 Å². The molecule has 8 nitrogen and oxygen atoms in total. The van der Waals surface area contributed by atoms with E-state index < -0.39 is 0 Å². The van der Waals surface area contributed by atoms with Gasteiger partial charge in [0.15, 0.2) is 11.5 Å². The van der Waals surface area contributed by atoms with Crippen molar-refractivity contribution in [2.45, 2.75) is 38.3 Å². The Balaban J connectivity index is 1.30. The average Bonchev–Trinajstić information content (AvgIpc) is 3.30. The molecule has 0 bridgehead atoms. The number of aryl methyl sites for hydroxylation is 1. The first-order valence-electron chi connectivity index (χ1n) is 10.4. The number of nitrogens with one attached hydrogen (secondary N) is 1. The van der Waals surface area contributed by atoms with Gasteiger partial charge in [0.25, 0.3) is 0 Å². The number of benzene rings is 1. The molecule has 4 aromatic rings. The Kier molecular flexibility index (Phi) is 3.89. The van der Waals surface area contributed by atoms with Gasteiger partial charge in [-0.25, -0.2) is 19.9 Å². The standard InChI is InChI=1S/C22H22N6O2/c1-12-24-18-9-20(29)15(8-21(18)30-12)16-4-5-17-19(26-16)10-23-22(27-17)28-7-6-14(11-28)25-13-2-3-13/h4-5,8-10,13-14,25,29H,2-3,6-7,11H2,1H3/t14-/m1/s1. The number of hydrogen-bond acceptors (Lipinski definition) is 8. The number of fused-ring (bicyclic) bond motifs is 2. The van der Waals surface area contributed by atoms with E-state index in [0.29, 0.717) is 45.8 Å². The summed E-state index contributed by atoms with van der Waals surface area (Å²) in [7, 11) is 0. The first-order valence-corrected chi connectivity index (χ1v) is 10.4. The second-order valence-electron chi connectivity index (χ2n) is 8.21. The zero-order chi connectivity index (χ0) is 20.2. The number of phenolic OH excluding ortho intramolecular Hbond substituents is 1. The van der Waals surface area contributed by atoms with E-state index in [1.807, 2.05) is 12.1 Å². The van der Waals surface area contributed by atoms with Crippen LogP contribution in [-0.2, 0) is 0 Å². The molecule has 3 aromatic heterocycles. The van der Waals surface area contributed by atoms with Crippen molar-refractivity contribution in [3.63, 3.8) is 0 Å². The number of aromatic hydroxyl groups is 1. The van der Waals surface area contributed by atoms with E-state index in [1.54, 1.807) is 25.3 Å². The lowest BCUT2D eigenvalue weighted by atomic mass is 10.1. The van der Waals surface area contributed by atoms with Crippen LogP contribution in [0.2, 0.25) is 0 Å². The molecular weight excluding hydrogens is 380 g/mol. The fraction of sp³-hybridized carbons (Fsp3) is 0.364. The zero-order valence-electron chi connectivity index (χ0n) is 16.7. The molecule has 0 amide bonds. The summed E-state index contributed by atoms with van der Waals surface area (Å²) in [6, 6.07) is 8.40. The van der Waals surface area contributed by atoms with E-state index >= 15 is 0 Å². The third kappa shape index (κ3) is 3.13. The quantitative estimate of drug-likeness (QED) is 0.537. The van der Waals surface area contributed by atoms with Crippen LogP contribution >= 0.6 is 0 Å². The topological polar surface area (TPSA) is 100 Å². The Hall–Kier alpha value is -3.26. The molecule has 0 radical (unpaired) electrons. The molecule has 1 saturated carbocycles. The Morgan fingerprint density at radius 2 is 1.93 bits per heavy atom. The predicted molar refractivity (Wildman–Crippen MR) is 114 cm³/mol. The fourth-order valence-corrected chi connectivity index (χ4v) is 4.16. The van der Waals surface area contributed by atoms with E-state index in [1.165, 1.54) is 12.8 Å². The smallest absolute Gasteiger partial charge is 0.226 e. The maximum absolute atomic E-state index is 10.5. The Morgan fingerprint density at radius 1 is 1.03 bits per heavy atom. The summed E-state index contributed by atoms with van der Waals surface area (Å²) < 4.78 is 5.60. The van der Waals surface area contributed by atoms with Gasteiger partial charge in [-0.05, 0) is 37.5 Å². The van der Waals surface area contributed by atoms with E-state index in [4.69, 9.17) is 9.40 Å². The predicted octanol–water partition coefficient (Wildman–Crippen LogP) is 3.18. The monoisotopic (exact) mass is 402 g/mol. The second-order valence-corrected chi connectivity index (χ2v) is 8.21. The summed E-state index contributed by atoms with van der Waals surface area (Å²) in [4.78, 5) is 20.5. The minimum absolute atomic E-state index is 0.117. The molecule has 0 unspecified atom stereocenters. The van der Waals surface area contributed by atoms with Crippen LogP contribution in [0.3, 0.4) is 0 Å². The molecule has 1 aromatic carbocycles. The van der Waals surface area contributed by atoms with Crippen LogP contribution in [0.15, 0.2) is 34.9 Å². The molecule has 2 N–H and O–H groups in total. The molecule has 2 aliphatic rings. The highest BCUT2D eigenvalue weighted by Gasteiger charge is 2.30. The number of phenols is 1. The van der Waals surface area contributed by atoms with Crippen LogP contribution in [0, 0.1) is 6.92 Å². The van der Waals surface area contributed by atoms with Crippen LogP contribution in [0.5, 0.6) is 5.75 Å². The Labute approximate surface area is 173 Å². The Bertz CT molecular complexity index is 1270. The van der Waals surface area contributed by atoms with Crippen molar-refractivity contribution < 1.29 is 9.52 Å². The van der Waals surface area contributed by atoms with Crippen molar-refractivity contribution in [1.82, 2.24) is 25.3 Å². The highest BCUT2D eigenvalue weighted by molar-refractivity contribution is 5.86. The van der Waals surface area contributed by atoms with Gasteiger partial charge in [0.05, 0.1) is 17.4 Å². The lowest BCUT2D eigenvalue weighted by Gasteiger charge is -2.17. The normalized spacial score (nSPS) is 19.2. The summed E-state index contributed by atoms with van der Waals surface area (Å²) >= 11 is 0. The van der Waals surface area contributed by atoms with Crippen molar-refractivity contribution in [2.75, 3.05) is 18.0 Å². The first kappa shape index (κ1) is 17.6. The van der Waals surface area contributed by atoms with Gasteiger partial charge in [-0.3, -0.25) is 0 Å². The van der Waals surface area contributed by atoms with Crippen molar-refractivity contribution in [3.8, 4) is 17.0 Å². The summed E-state index contributed by atoms with van der Waals surface area (Å²) in [6.07, 6.45) is 5.49. The largest absolute Gasteiger partial charge is 0.507 e. The molecule has 1 atom stereocenters. The van der Waals surface area contributed by atoms with E-state index in [0.717, 1.165) is 31.0 Å². The molecule has 1 aliphatic carbocycles. The maximum atomic E-state index is 10.5. The minimum atomic E-state index is 0.117. The number of hydrogen-bond donors (Lipinski definition) is 2. The van der Waals surface area contributed by atoms with E-state index in [2.05, 4.69) is 25.2 Å². The van der Waals surface area contributed by atoms with Crippen LogP contribution in [0.1, 0.15) is 25.2 Å². The second kappa shape index (κ2) is 6.63. The number of oxazole rings is 1. The van der Waals surface area contributed by atoms with Gasteiger partial charge in [0.2, 0.25) is 5.95 Å². The van der Waals surface area contributed by atoms with Crippen molar-refractivity contribution in [3.05, 3.63) is 36.4 Å². The molecule has 2 fully saturated rings. The summed E-state index contributed by atoms with van der Waals surface area (Å²) in [6.45, 7) is 3.69. The van der Waals surface area contributed by atoms with Gasteiger partial charge in [0, 0.05) is 43.7 Å². The number of rotatable bonds is 4. The van der Waals surface area contributed by atoms with Gasteiger partial charge in [-0.15, -0.1) is 0 Å². The molecule has 8 heteroatoms. The van der Waals surface area contributed by atoms with E-state index in [9.17, 15) is 5.11 Å². The first-order chi connectivity index (χ1) is 14.6. The summed E-state index contributed by atoms with van der Waals surface area (Å²) in [5.41, 5.74) is 3.97. The van der Waals surface area contributed by atoms with Gasteiger partial charge >= 0.3 is 0 Å². The summed E-state index contributed by atoms with van der Waals surface area (Å²) in [5, 5.41) is 14.1. The van der Waals surface area contributed by atoms with Crippen LogP contribution in [0.25, 0.3) is 33.4 Å². The van der Waals surface area contributed by atoms with Gasteiger partial charge < -0.3 is 19.7 Å². The molecule has 1 saturated heterocycles.